The van der Waals surface area contributed by atoms with E-state index in [2.05, 4.69) is 16.2 Å². The number of aliphatic imine (C=N–C) groups is 1. The molecule has 11 heavy (non-hydrogen) atoms. The fourth-order valence-electron chi connectivity index (χ4n) is 1.56. The van der Waals surface area contributed by atoms with Crippen molar-refractivity contribution < 1.29 is 0 Å². The molecule has 0 aromatic rings. The zero-order valence-corrected chi connectivity index (χ0v) is 6.73. The molecule has 0 aliphatic carbocycles. The molecule has 58 valence electrons. The second kappa shape index (κ2) is 2.19. The SMILES string of the molecule is CC1=NN(C)C2N=CC=CC12. The lowest BCUT2D eigenvalue weighted by Gasteiger charge is -2.20. The zero-order chi connectivity index (χ0) is 7.84. The van der Waals surface area contributed by atoms with E-state index >= 15 is 0 Å². The van der Waals surface area contributed by atoms with Gasteiger partial charge in [0.25, 0.3) is 0 Å². The largest absolute Gasteiger partial charge is 0.275 e. The molecule has 3 heteroatoms. The lowest BCUT2D eigenvalue weighted by atomic mass is 10.0. The molecular weight excluding hydrogens is 138 g/mol. The van der Waals surface area contributed by atoms with Crippen molar-refractivity contribution in [3.8, 4) is 0 Å². The van der Waals surface area contributed by atoms with Crippen LogP contribution in [0.3, 0.4) is 0 Å². The topological polar surface area (TPSA) is 28.0 Å². The first-order valence-corrected chi connectivity index (χ1v) is 3.77. The minimum Gasteiger partial charge on any atom is -0.275 e. The van der Waals surface area contributed by atoms with Crippen LogP contribution in [0.25, 0.3) is 0 Å². The van der Waals surface area contributed by atoms with Crippen LogP contribution < -0.4 is 0 Å². The summed E-state index contributed by atoms with van der Waals surface area (Å²) in [6.07, 6.45) is 6.20. The van der Waals surface area contributed by atoms with Gasteiger partial charge in [0.2, 0.25) is 0 Å². The molecule has 2 heterocycles. The Balaban J connectivity index is 2.31. The minimum atomic E-state index is 0.222. The fraction of sp³-hybridized carbons (Fsp3) is 0.500. The Morgan fingerprint density at radius 3 is 3.09 bits per heavy atom. The van der Waals surface area contributed by atoms with Crippen LogP contribution in [0.5, 0.6) is 0 Å². The lowest BCUT2D eigenvalue weighted by molar-refractivity contribution is 0.270. The van der Waals surface area contributed by atoms with Gasteiger partial charge in [-0.25, -0.2) is 0 Å². The molecule has 0 saturated carbocycles. The summed E-state index contributed by atoms with van der Waals surface area (Å²) in [7, 11) is 1.96. The van der Waals surface area contributed by atoms with Crippen molar-refractivity contribution in [3.05, 3.63) is 12.2 Å². The average molecular weight is 149 g/mol. The number of hydrazone groups is 1. The van der Waals surface area contributed by atoms with E-state index in [0.29, 0.717) is 5.92 Å². The molecule has 3 nitrogen and oxygen atoms in total. The van der Waals surface area contributed by atoms with Crippen LogP contribution in [0.15, 0.2) is 22.2 Å². The Morgan fingerprint density at radius 2 is 2.36 bits per heavy atom. The molecule has 0 fully saturated rings. The molecule has 0 radical (unpaired) electrons. The molecule has 2 aliphatic heterocycles. The third-order valence-corrected chi connectivity index (χ3v) is 2.15. The Hall–Kier alpha value is -1.12. The second-order valence-corrected chi connectivity index (χ2v) is 2.94. The van der Waals surface area contributed by atoms with Crippen LogP contribution in [0.1, 0.15) is 6.92 Å². The van der Waals surface area contributed by atoms with Gasteiger partial charge in [-0.15, -0.1) is 0 Å². The molecule has 0 spiro atoms. The second-order valence-electron chi connectivity index (χ2n) is 2.94. The molecular formula is C8H11N3. The molecule has 0 amide bonds. The maximum Gasteiger partial charge on any atom is 0.148 e. The Kier molecular flexibility index (Phi) is 1.31. The summed E-state index contributed by atoms with van der Waals surface area (Å²) in [5.74, 6) is 0.407. The highest BCUT2D eigenvalue weighted by molar-refractivity contribution is 5.90. The lowest BCUT2D eigenvalue weighted by Crippen LogP contribution is -2.29. The first-order valence-electron chi connectivity index (χ1n) is 3.77. The van der Waals surface area contributed by atoms with Gasteiger partial charge in [-0.3, -0.25) is 10.0 Å². The van der Waals surface area contributed by atoms with Crippen molar-refractivity contribution in [3.63, 3.8) is 0 Å². The van der Waals surface area contributed by atoms with Crippen LogP contribution in [-0.4, -0.2) is 30.1 Å². The van der Waals surface area contributed by atoms with Crippen LogP contribution in [0.2, 0.25) is 0 Å². The van der Waals surface area contributed by atoms with Crippen molar-refractivity contribution in [2.24, 2.45) is 16.0 Å². The maximum atomic E-state index is 4.32. The number of allylic oxidation sites excluding steroid dienone is 1. The highest BCUT2D eigenvalue weighted by Gasteiger charge is 2.31. The third-order valence-electron chi connectivity index (χ3n) is 2.15. The Bertz CT molecular complexity index is 252. The van der Waals surface area contributed by atoms with Crippen LogP contribution in [0.4, 0.5) is 0 Å². The van der Waals surface area contributed by atoms with Crippen molar-refractivity contribution in [1.82, 2.24) is 5.01 Å². The number of fused-ring (bicyclic) bond motifs is 1. The van der Waals surface area contributed by atoms with E-state index in [0.717, 1.165) is 5.71 Å². The highest BCUT2D eigenvalue weighted by atomic mass is 15.5. The van der Waals surface area contributed by atoms with E-state index < -0.39 is 0 Å². The summed E-state index contributed by atoms with van der Waals surface area (Å²) in [6.45, 7) is 2.05. The van der Waals surface area contributed by atoms with Crippen LogP contribution in [-0.2, 0) is 0 Å². The van der Waals surface area contributed by atoms with E-state index in [9.17, 15) is 0 Å². The molecule has 2 atom stereocenters. The van der Waals surface area contributed by atoms with E-state index in [1.54, 1.807) is 0 Å². The first kappa shape index (κ1) is 6.58. The van der Waals surface area contributed by atoms with Crippen molar-refractivity contribution in [2.45, 2.75) is 13.1 Å². The first-order chi connectivity index (χ1) is 5.29. The van der Waals surface area contributed by atoms with E-state index in [4.69, 9.17) is 0 Å². The summed E-state index contributed by atoms with van der Waals surface area (Å²) in [4.78, 5) is 4.32. The van der Waals surface area contributed by atoms with Gasteiger partial charge in [0.15, 0.2) is 0 Å². The third kappa shape index (κ3) is 0.878. The summed E-state index contributed by atoms with van der Waals surface area (Å²) in [6, 6.07) is 0. The van der Waals surface area contributed by atoms with Gasteiger partial charge >= 0.3 is 0 Å². The standard InChI is InChI=1S/C8H11N3/c1-6-7-4-3-5-9-8(7)11(2)10-6/h3-5,7-8H,1-2H3. The van der Waals surface area contributed by atoms with Crippen molar-refractivity contribution >= 4 is 11.9 Å². The van der Waals surface area contributed by atoms with E-state index in [1.165, 1.54) is 0 Å². The van der Waals surface area contributed by atoms with Gasteiger partial charge in [-0.05, 0) is 13.0 Å². The van der Waals surface area contributed by atoms with Gasteiger partial charge in [0, 0.05) is 19.0 Å². The Labute approximate surface area is 66.1 Å². The van der Waals surface area contributed by atoms with Gasteiger partial charge in [-0.1, -0.05) is 6.08 Å². The summed E-state index contributed by atoms with van der Waals surface area (Å²) in [5.41, 5.74) is 1.16. The van der Waals surface area contributed by atoms with Crippen LogP contribution >= 0.6 is 0 Å². The predicted octanol–water partition coefficient (Wildman–Crippen LogP) is 0.891. The van der Waals surface area contributed by atoms with E-state index in [-0.39, 0.29) is 6.17 Å². The minimum absolute atomic E-state index is 0.222. The van der Waals surface area contributed by atoms with Crippen molar-refractivity contribution in [1.29, 1.82) is 0 Å². The summed E-state index contributed by atoms with van der Waals surface area (Å²) in [5, 5.41) is 6.24. The highest BCUT2D eigenvalue weighted by Crippen LogP contribution is 2.24. The molecule has 2 unspecified atom stereocenters. The Morgan fingerprint density at radius 1 is 1.55 bits per heavy atom. The normalized spacial score (nSPS) is 34.0. The number of nitrogens with zero attached hydrogens (tertiary/aromatic N) is 3. The van der Waals surface area contributed by atoms with E-state index in [1.807, 2.05) is 31.3 Å². The molecule has 2 rings (SSSR count). The van der Waals surface area contributed by atoms with Crippen molar-refractivity contribution in [2.75, 3.05) is 7.05 Å². The van der Waals surface area contributed by atoms with Gasteiger partial charge < -0.3 is 0 Å². The molecule has 0 aromatic heterocycles. The number of hydrogen-bond acceptors (Lipinski definition) is 3. The zero-order valence-electron chi connectivity index (χ0n) is 6.73. The van der Waals surface area contributed by atoms with Gasteiger partial charge in [0.1, 0.15) is 6.17 Å². The molecule has 0 aromatic carbocycles. The summed E-state index contributed by atoms with van der Waals surface area (Å²) >= 11 is 0. The monoisotopic (exact) mass is 149 g/mol. The fourth-order valence-corrected chi connectivity index (χ4v) is 1.56. The number of dihydropyridines is 1. The molecule has 0 N–H and O–H groups in total. The van der Waals surface area contributed by atoms with Gasteiger partial charge in [0.05, 0.1) is 5.92 Å². The summed E-state index contributed by atoms with van der Waals surface area (Å²) < 4.78 is 0. The molecule has 0 bridgehead atoms. The molecule has 2 aliphatic rings. The number of hydrogen-bond donors (Lipinski definition) is 0. The quantitative estimate of drug-likeness (QED) is 0.502. The molecule has 0 saturated heterocycles. The van der Waals surface area contributed by atoms with Crippen LogP contribution in [0, 0.1) is 5.92 Å². The maximum absolute atomic E-state index is 4.32. The number of rotatable bonds is 0. The van der Waals surface area contributed by atoms with Gasteiger partial charge in [-0.2, -0.15) is 5.10 Å². The average Bonchev–Trinajstić information content (AvgIpc) is 2.30. The smallest absolute Gasteiger partial charge is 0.148 e. The predicted molar refractivity (Wildman–Crippen MR) is 45.8 cm³/mol.